The van der Waals surface area contributed by atoms with Gasteiger partial charge in [0.2, 0.25) is 5.91 Å². The Kier molecular flexibility index (Phi) is 4.90. The molecule has 28 heavy (non-hydrogen) atoms. The summed E-state index contributed by atoms with van der Waals surface area (Å²) in [6.45, 7) is 6.33. The summed E-state index contributed by atoms with van der Waals surface area (Å²) in [7, 11) is 0. The van der Waals surface area contributed by atoms with E-state index in [0.717, 1.165) is 22.1 Å². The van der Waals surface area contributed by atoms with Gasteiger partial charge in [-0.15, -0.1) is 0 Å². The van der Waals surface area contributed by atoms with Gasteiger partial charge in [0.15, 0.2) is 0 Å². The first-order valence-corrected chi connectivity index (χ1v) is 9.63. The Bertz CT molecular complexity index is 1020. The summed E-state index contributed by atoms with van der Waals surface area (Å²) < 4.78 is 5.72. The number of carbonyl (C=O) groups is 2. The van der Waals surface area contributed by atoms with E-state index in [4.69, 9.17) is 4.42 Å². The fraction of sp³-hybridized carbons (Fsp3) is 0.304. The topological polar surface area (TPSA) is 53.8 Å². The van der Waals surface area contributed by atoms with Crippen LogP contribution in [0.2, 0.25) is 0 Å². The van der Waals surface area contributed by atoms with Crippen LogP contribution in [0.3, 0.4) is 0 Å². The molecule has 2 amide bonds. The van der Waals surface area contributed by atoms with E-state index in [1.807, 2.05) is 53.1 Å². The van der Waals surface area contributed by atoms with E-state index in [1.54, 1.807) is 6.26 Å². The SMILES string of the molecule is Cc1ccc2c(CC(=O)N3CCN(C(=O)c4ccccc4)CC3)coc2c1C. The van der Waals surface area contributed by atoms with Crippen molar-refractivity contribution in [3.63, 3.8) is 0 Å². The molecule has 5 nitrogen and oxygen atoms in total. The largest absolute Gasteiger partial charge is 0.464 e. The highest BCUT2D eigenvalue weighted by molar-refractivity contribution is 5.94. The fourth-order valence-corrected chi connectivity index (χ4v) is 3.72. The molecule has 0 atom stereocenters. The minimum absolute atomic E-state index is 0.0272. The molecule has 0 saturated carbocycles. The van der Waals surface area contributed by atoms with Gasteiger partial charge in [-0.2, -0.15) is 0 Å². The van der Waals surface area contributed by atoms with Gasteiger partial charge in [-0.25, -0.2) is 0 Å². The Morgan fingerprint density at radius 2 is 1.61 bits per heavy atom. The number of benzene rings is 2. The lowest BCUT2D eigenvalue weighted by atomic mass is 10.0. The molecule has 4 rings (SSSR count). The van der Waals surface area contributed by atoms with Crippen molar-refractivity contribution < 1.29 is 14.0 Å². The maximum atomic E-state index is 12.8. The smallest absolute Gasteiger partial charge is 0.253 e. The van der Waals surface area contributed by atoms with Crippen molar-refractivity contribution in [2.45, 2.75) is 20.3 Å². The second kappa shape index (κ2) is 7.50. The number of rotatable bonds is 3. The molecule has 0 N–H and O–H groups in total. The van der Waals surface area contributed by atoms with Crippen LogP contribution in [0.5, 0.6) is 0 Å². The summed E-state index contributed by atoms with van der Waals surface area (Å²) >= 11 is 0. The Balaban J connectivity index is 1.40. The quantitative estimate of drug-likeness (QED) is 0.702. The van der Waals surface area contributed by atoms with Crippen LogP contribution in [0.4, 0.5) is 0 Å². The maximum absolute atomic E-state index is 12.8. The zero-order chi connectivity index (χ0) is 19.7. The van der Waals surface area contributed by atoms with Gasteiger partial charge in [0, 0.05) is 42.7 Å². The van der Waals surface area contributed by atoms with E-state index in [1.165, 1.54) is 5.56 Å². The second-order valence-corrected chi connectivity index (χ2v) is 7.36. The summed E-state index contributed by atoms with van der Waals surface area (Å²) in [5, 5.41) is 1.01. The molecule has 2 aromatic carbocycles. The Labute approximate surface area is 164 Å². The zero-order valence-electron chi connectivity index (χ0n) is 16.3. The summed E-state index contributed by atoms with van der Waals surface area (Å²) in [6.07, 6.45) is 2.02. The van der Waals surface area contributed by atoms with E-state index >= 15 is 0 Å². The first-order chi connectivity index (χ1) is 13.5. The lowest BCUT2D eigenvalue weighted by Crippen LogP contribution is -2.51. The number of hydrogen-bond acceptors (Lipinski definition) is 3. The van der Waals surface area contributed by atoms with Crippen molar-refractivity contribution in [3.8, 4) is 0 Å². The lowest BCUT2D eigenvalue weighted by molar-refractivity contribution is -0.131. The van der Waals surface area contributed by atoms with Gasteiger partial charge in [0.1, 0.15) is 5.58 Å². The van der Waals surface area contributed by atoms with E-state index < -0.39 is 0 Å². The molecule has 1 aliphatic heterocycles. The van der Waals surface area contributed by atoms with Crippen LogP contribution in [0.15, 0.2) is 53.1 Å². The van der Waals surface area contributed by atoms with Gasteiger partial charge >= 0.3 is 0 Å². The van der Waals surface area contributed by atoms with Crippen molar-refractivity contribution in [2.24, 2.45) is 0 Å². The summed E-state index contributed by atoms with van der Waals surface area (Å²) in [5.41, 5.74) is 4.77. The molecule has 0 spiro atoms. The molecule has 1 saturated heterocycles. The first-order valence-electron chi connectivity index (χ1n) is 9.63. The maximum Gasteiger partial charge on any atom is 0.253 e. The van der Waals surface area contributed by atoms with Crippen LogP contribution >= 0.6 is 0 Å². The number of nitrogens with zero attached hydrogens (tertiary/aromatic N) is 2. The predicted molar refractivity (Wildman–Crippen MR) is 108 cm³/mol. The first kappa shape index (κ1) is 18.3. The van der Waals surface area contributed by atoms with Crippen molar-refractivity contribution in [1.82, 2.24) is 9.80 Å². The molecule has 5 heteroatoms. The van der Waals surface area contributed by atoms with Crippen LogP contribution in [0.1, 0.15) is 27.0 Å². The van der Waals surface area contributed by atoms with Crippen molar-refractivity contribution in [1.29, 1.82) is 0 Å². The second-order valence-electron chi connectivity index (χ2n) is 7.36. The van der Waals surface area contributed by atoms with E-state index in [2.05, 4.69) is 13.0 Å². The molecule has 144 valence electrons. The average Bonchev–Trinajstić information content (AvgIpc) is 3.14. The van der Waals surface area contributed by atoms with Crippen LogP contribution in [0.25, 0.3) is 11.0 Å². The minimum atomic E-state index is 0.0272. The number of aryl methyl sites for hydroxylation is 2. The highest BCUT2D eigenvalue weighted by Crippen LogP contribution is 2.27. The van der Waals surface area contributed by atoms with Crippen LogP contribution < -0.4 is 0 Å². The van der Waals surface area contributed by atoms with E-state index in [-0.39, 0.29) is 11.8 Å². The van der Waals surface area contributed by atoms with Crippen molar-refractivity contribution in [3.05, 3.63) is 71.0 Å². The summed E-state index contributed by atoms with van der Waals surface area (Å²) in [4.78, 5) is 29.0. The number of amides is 2. The third-order valence-electron chi connectivity index (χ3n) is 5.62. The van der Waals surface area contributed by atoms with Gasteiger partial charge in [0.05, 0.1) is 12.7 Å². The number of hydrogen-bond donors (Lipinski definition) is 0. The van der Waals surface area contributed by atoms with Gasteiger partial charge in [-0.05, 0) is 37.1 Å². The van der Waals surface area contributed by atoms with E-state index in [0.29, 0.717) is 38.2 Å². The molecule has 0 unspecified atom stereocenters. The normalized spacial score (nSPS) is 14.5. The number of furan rings is 1. The minimum Gasteiger partial charge on any atom is -0.464 e. The molecule has 1 aliphatic rings. The Hall–Kier alpha value is -3.08. The monoisotopic (exact) mass is 376 g/mol. The standard InChI is InChI=1S/C23H24N2O3/c1-16-8-9-20-19(15-28-22(20)17(16)2)14-21(26)24-10-12-25(13-11-24)23(27)18-6-4-3-5-7-18/h3-9,15H,10-14H2,1-2H3. The molecule has 1 aromatic heterocycles. The van der Waals surface area contributed by atoms with Crippen LogP contribution in [0, 0.1) is 13.8 Å². The molecule has 0 aliphatic carbocycles. The molecule has 0 bridgehead atoms. The predicted octanol–water partition coefficient (Wildman–Crippen LogP) is 3.58. The fourth-order valence-electron chi connectivity index (χ4n) is 3.72. The van der Waals surface area contributed by atoms with Gasteiger partial charge in [-0.3, -0.25) is 9.59 Å². The molecular weight excluding hydrogens is 352 g/mol. The molecule has 2 heterocycles. The summed E-state index contributed by atoms with van der Waals surface area (Å²) in [5.74, 6) is 0.104. The number of fused-ring (bicyclic) bond motifs is 1. The number of piperazine rings is 1. The lowest BCUT2D eigenvalue weighted by Gasteiger charge is -2.34. The third-order valence-corrected chi connectivity index (χ3v) is 5.62. The van der Waals surface area contributed by atoms with Gasteiger partial charge < -0.3 is 14.2 Å². The highest BCUT2D eigenvalue weighted by Gasteiger charge is 2.25. The number of carbonyl (C=O) groups excluding carboxylic acids is 2. The van der Waals surface area contributed by atoms with Crippen molar-refractivity contribution >= 4 is 22.8 Å². The van der Waals surface area contributed by atoms with E-state index in [9.17, 15) is 9.59 Å². The Morgan fingerprint density at radius 1 is 0.929 bits per heavy atom. The van der Waals surface area contributed by atoms with Crippen LogP contribution in [-0.4, -0.2) is 47.8 Å². The molecule has 1 fully saturated rings. The zero-order valence-corrected chi connectivity index (χ0v) is 16.3. The average molecular weight is 376 g/mol. The third kappa shape index (κ3) is 3.40. The van der Waals surface area contributed by atoms with Crippen molar-refractivity contribution in [2.75, 3.05) is 26.2 Å². The van der Waals surface area contributed by atoms with Gasteiger partial charge in [-0.1, -0.05) is 30.3 Å². The van der Waals surface area contributed by atoms with Gasteiger partial charge in [0.25, 0.3) is 5.91 Å². The molecule has 3 aromatic rings. The Morgan fingerprint density at radius 3 is 2.32 bits per heavy atom. The summed E-state index contributed by atoms with van der Waals surface area (Å²) in [6, 6.07) is 13.4. The molecular formula is C23H24N2O3. The van der Waals surface area contributed by atoms with Crippen LogP contribution in [-0.2, 0) is 11.2 Å². The molecule has 0 radical (unpaired) electrons. The highest BCUT2D eigenvalue weighted by atomic mass is 16.3.